The summed E-state index contributed by atoms with van der Waals surface area (Å²) in [5, 5.41) is 13.0. The molecule has 27 heavy (non-hydrogen) atoms. The van der Waals surface area contributed by atoms with Crippen molar-refractivity contribution in [2.45, 2.75) is 19.5 Å². The third-order valence-electron chi connectivity index (χ3n) is 4.63. The third kappa shape index (κ3) is 3.67. The first-order chi connectivity index (χ1) is 13.1. The van der Waals surface area contributed by atoms with Gasteiger partial charge in [0.15, 0.2) is 5.82 Å². The minimum absolute atomic E-state index is 0.0362. The minimum atomic E-state index is -0.411. The van der Waals surface area contributed by atoms with Crippen molar-refractivity contribution in [1.82, 2.24) is 14.9 Å². The lowest BCUT2D eigenvalue weighted by molar-refractivity contribution is -0.384. The maximum atomic E-state index is 10.9. The van der Waals surface area contributed by atoms with Crippen LogP contribution in [0.2, 0.25) is 0 Å². The minimum Gasteiger partial charge on any atom is -0.496 e. The van der Waals surface area contributed by atoms with Crippen molar-refractivity contribution in [3.8, 4) is 16.5 Å². The molecule has 0 atom stereocenters. The molecule has 2 aromatic heterocycles. The second-order valence-electron chi connectivity index (χ2n) is 6.36. The maximum Gasteiger partial charge on any atom is 0.273 e. The number of nitrogens with zero attached hydrogens (tertiary/aromatic N) is 4. The third-order valence-corrected chi connectivity index (χ3v) is 5.50. The van der Waals surface area contributed by atoms with Crippen molar-refractivity contribution < 1.29 is 9.66 Å². The molecular weight excluding hydrogens is 364 g/mol. The number of rotatable bonds is 5. The van der Waals surface area contributed by atoms with Crippen molar-refractivity contribution in [3.05, 3.63) is 68.8 Å². The summed E-state index contributed by atoms with van der Waals surface area (Å²) in [7, 11) is 1.54. The highest BCUT2D eigenvalue weighted by Gasteiger charge is 2.21. The topological polar surface area (TPSA) is 81.4 Å². The molecule has 1 aromatic carbocycles. The normalized spacial score (nSPS) is 14.0. The number of benzene rings is 1. The fraction of sp³-hybridized carbons (Fsp3) is 0.263. The summed E-state index contributed by atoms with van der Waals surface area (Å²) < 4.78 is 5.35. The first kappa shape index (κ1) is 17.6. The Balaban J connectivity index is 1.51. The van der Waals surface area contributed by atoms with Crippen LogP contribution in [0.25, 0.3) is 10.7 Å². The van der Waals surface area contributed by atoms with E-state index in [0.29, 0.717) is 12.3 Å². The Bertz CT molecular complexity index is 975. The molecule has 8 heteroatoms. The molecule has 0 saturated heterocycles. The Kier molecular flexibility index (Phi) is 4.83. The van der Waals surface area contributed by atoms with E-state index >= 15 is 0 Å². The van der Waals surface area contributed by atoms with Gasteiger partial charge in [0.2, 0.25) is 0 Å². The van der Waals surface area contributed by atoms with Gasteiger partial charge in [0.25, 0.3) is 5.69 Å². The molecule has 0 N–H and O–H groups in total. The number of methoxy groups -OCH3 is 1. The SMILES string of the molecule is COc1cc([N+](=O)[O-])ccc1CN1CCc2nc(-c3cccs3)ncc2C1. The first-order valence-corrected chi connectivity index (χ1v) is 9.44. The smallest absolute Gasteiger partial charge is 0.273 e. The molecule has 0 saturated carbocycles. The van der Waals surface area contributed by atoms with Crippen LogP contribution in [0.3, 0.4) is 0 Å². The molecule has 0 amide bonds. The second kappa shape index (κ2) is 7.42. The number of ether oxygens (including phenoxy) is 1. The summed E-state index contributed by atoms with van der Waals surface area (Å²) >= 11 is 1.64. The Labute approximate surface area is 160 Å². The van der Waals surface area contributed by atoms with Crippen molar-refractivity contribution in [3.63, 3.8) is 0 Å². The van der Waals surface area contributed by atoms with Crippen molar-refractivity contribution in [2.24, 2.45) is 0 Å². The molecule has 0 radical (unpaired) electrons. The van der Waals surface area contributed by atoms with Crippen molar-refractivity contribution in [1.29, 1.82) is 0 Å². The molecule has 0 unspecified atom stereocenters. The van der Waals surface area contributed by atoms with Gasteiger partial charge in [-0.3, -0.25) is 15.0 Å². The number of nitro benzene ring substituents is 1. The van der Waals surface area contributed by atoms with E-state index in [1.165, 1.54) is 19.2 Å². The molecule has 1 aliphatic heterocycles. The van der Waals surface area contributed by atoms with Gasteiger partial charge in [-0.05, 0) is 17.5 Å². The Morgan fingerprint density at radius 2 is 2.26 bits per heavy atom. The second-order valence-corrected chi connectivity index (χ2v) is 7.30. The van der Waals surface area contributed by atoms with Crippen LogP contribution in [-0.4, -0.2) is 33.4 Å². The summed E-state index contributed by atoms with van der Waals surface area (Å²) in [5.41, 5.74) is 3.19. The van der Waals surface area contributed by atoms with Gasteiger partial charge in [0, 0.05) is 49.4 Å². The molecule has 4 rings (SSSR count). The molecule has 0 fully saturated rings. The number of fused-ring (bicyclic) bond motifs is 1. The van der Waals surface area contributed by atoms with Gasteiger partial charge in [0.1, 0.15) is 5.75 Å². The number of nitro groups is 1. The van der Waals surface area contributed by atoms with Crippen LogP contribution >= 0.6 is 11.3 Å². The zero-order valence-electron chi connectivity index (χ0n) is 14.8. The average Bonchev–Trinajstić information content (AvgIpc) is 3.22. The largest absolute Gasteiger partial charge is 0.496 e. The number of hydrogen-bond donors (Lipinski definition) is 0. The van der Waals surface area contributed by atoms with Crippen molar-refractivity contribution in [2.75, 3.05) is 13.7 Å². The molecule has 138 valence electrons. The van der Waals surface area contributed by atoms with Gasteiger partial charge < -0.3 is 4.74 Å². The van der Waals surface area contributed by atoms with Crippen LogP contribution in [0.5, 0.6) is 5.75 Å². The number of thiophene rings is 1. The Morgan fingerprint density at radius 1 is 1.37 bits per heavy atom. The van der Waals surface area contributed by atoms with Gasteiger partial charge in [-0.15, -0.1) is 11.3 Å². The highest BCUT2D eigenvalue weighted by molar-refractivity contribution is 7.13. The molecule has 0 aliphatic carbocycles. The Hall–Kier alpha value is -2.84. The zero-order chi connectivity index (χ0) is 18.8. The molecule has 7 nitrogen and oxygen atoms in total. The lowest BCUT2D eigenvalue weighted by Gasteiger charge is -2.28. The lowest BCUT2D eigenvalue weighted by Crippen LogP contribution is -2.31. The van der Waals surface area contributed by atoms with Gasteiger partial charge in [0.05, 0.1) is 28.7 Å². The fourth-order valence-corrected chi connectivity index (χ4v) is 3.92. The number of aromatic nitrogens is 2. The highest BCUT2D eigenvalue weighted by Crippen LogP contribution is 2.28. The van der Waals surface area contributed by atoms with Crippen LogP contribution in [0.15, 0.2) is 41.9 Å². The van der Waals surface area contributed by atoms with E-state index in [9.17, 15) is 10.1 Å². The summed E-state index contributed by atoms with van der Waals surface area (Å²) in [4.78, 5) is 23.1. The van der Waals surface area contributed by atoms with Gasteiger partial charge in [-0.25, -0.2) is 9.97 Å². The zero-order valence-corrected chi connectivity index (χ0v) is 15.6. The van der Waals surface area contributed by atoms with E-state index in [1.807, 2.05) is 23.7 Å². The molecular formula is C19H18N4O3S. The molecule has 1 aliphatic rings. The van der Waals surface area contributed by atoms with Crippen molar-refractivity contribution >= 4 is 17.0 Å². The van der Waals surface area contributed by atoms with E-state index in [-0.39, 0.29) is 5.69 Å². The fourth-order valence-electron chi connectivity index (χ4n) is 3.25. The van der Waals surface area contributed by atoms with Crippen LogP contribution in [0.4, 0.5) is 5.69 Å². The summed E-state index contributed by atoms with van der Waals surface area (Å²) in [6.07, 6.45) is 2.77. The van der Waals surface area contributed by atoms with E-state index in [2.05, 4.69) is 9.88 Å². The Morgan fingerprint density at radius 3 is 3.00 bits per heavy atom. The van der Waals surface area contributed by atoms with E-state index in [4.69, 9.17) is 9.72 Å². The van der Waals surface area contributed by atoms with Gasteiger partial charge in [-0.2, -0.15) is 0 Å². The molecule has 0 spiro atoms. The monoisotopic (exact) mass is 382 g/mol. The van der Waals surface area contributed by atoms with E-state index in [1.54, 1.807) is 17.4 Å². The van der Waals surface area contributed by atoms with Crippen LogP contribution < -0.4 is 4.74 Å². The van der Waals surface area contributed by atoms with Gasteiger partial charge >= 0.3 is 0 Å². The molecule has 3 heterocycles. The van der Waals surface area contributed by atoms with Crippen LogP contribution in [0, 0.1) is 10.1 Å². The predicted molar refractivity (Wildman–Crippen MR) is 103 cm³/mol. The highest BCUT2D eigenvalue weighted by atomic mass is 32.1. The summed E-state index contributed by atoms with van der Waals surface area (Å²) in [6.45, 7) is 2.28. The summed E-state index contributed by atoms with van der Waals surface area (Å²) in [6, 6.07) is 8.79. The van der Waals surface area contributed by atoms with Crippen LogP contribution in [-0.2, 0) is 19.5 Å². The van der Waals surface area contributed by atoms with E-state index < -0.39 is 4.92 Å². The predicted octanol–water partition coefficient (Wildman–Crippen LogP) is 3.68. The summed E-state index contributed by atoms with van der Waals surface area (Å²) in [5.74, 6) is 1.33. The first-order valence-electron chi connectivity index (χ1n) is 8.56. The van der Waals surface area contributed by atoms with Crippen LogP contribution in [0.1, 0.15) is 16.8 Å². The van der Waals surface area contributed by atoms with Gasteiger partial charge in [-0.1, -0.05) is 6.07 Å². The standard InChI is InChI=1S/C19H18N4O3S/c1-26-17-9-15(23(24)25)5-4-13(17)11-22-7-6-16-14(12-22)10-20-19(21-16)18-3-2-8-27-18/h2-5,8-10H,6-7,11-12H2,1H3. The maximum absolute atomic E-state index is 10.9. The quantitative estimate of drug-likeness (QED) is 0.495. The lowest BCUT2D eigenvalue weighted by atomic mass is 10.1. The average molecular weight is 382 g/mol. The number of hydrogen-bond acceptors (Lipinski definition) is 7. The van der Waals surface area contributed by atoms with E-state index in [0.717, 1.165) is 47.0 Å². The molecule has 3 aromatic rings. The molecule has 0 bridgehead atoms. The number of non-ortho nitro benzene ring substituents is 1.